The minimum atomic E-state index is 0.158. The maximum Gasteiger partial charge on any atom is 0.123 e. The molecule has 34 heavy (non-hydrogen) atoms. The fourth-order valence-corrected chi connectivity index (χ4v) is 4.14. The molecule has 0 aliphatic rings. The van der Waals surface area contributed by atoms with E-state index in [-0.39, 0.29) is 11.5 Å². The third-order valence-electron chi connectivity index (χ3n) is 6.09. The van der Waals surface area contributed by atoms with Gasteiger partial charge in [0.25, 0.3) is 0 Å². The summed E-state index contributed by atoms with van der Waals surface area (Å²) in [6, 6.07) is 27.3. The van der Waals surface area contributed by atoms with Gasteiger partial charge in [0.2, 0.25) is 0 Å². The van der Waals surface area contributed by atoms with Crippen LogP contribution in [0.15, 0.2) is 84.9 Å². The van der Waals surface area contributed by atoms with E-state index in [1.807, 2.05) is 60.7 Å². The molecule has 0 saturated heterocycles. The van der Waals surface area contributed by atoms with E-state index < -0.39 is 0 Å². The molecule has 0 aliphatic heterocycles. The number of ether oxygens (including phenoxy) is 2. The average Bonchev–Trinajstić information content (AvgIpc) is 2.88. The molecule has 4 heteroatoms. The Hall–Kier alpha value is -3.92. The Balaban J connectivity index is 1.52. The van der Waals surface area contributed by atoms with E-state index in [2.05, 4.69) is 12.1 Å². The molecule has 0 fully saturated rings. The summed E-state index contributed by atoms with van der Waals surface area (Å²) in [4.78, 5) is 0. The molecule has 0 aromatic heterocycles. The molecule has 0 radical (unpaired) electrons. The van der Waals surface area contributed by atoms with E-state index in [4.69, 9.17) is 9.47 Å². The molecule has 0 unspecified atom stereocenters. The van der Waals surface area contributed by atoms with Gasteiger partial charge in [-0.25, -0.2) is 0 Å². The van der Waals surface area contributed by atoms with Gasteiger partial charge in [-0.15, -0.1) is 0 Å². The maximum atomic E-state index is 10.6. The summed E-state index contributed by atoms with van der Waals surface area (Å²) in [6.45, 7) is 0. The molecule has 0 amide bonds. The summed E-state index contributed by atoms with van der Waals surface area (Å²) in [7, 11) is 3.34. The Labute approximate surface area is 201 Å². The summed E-state index contributed by atoms with van der Waals surface area (Å²) in [5.41, 5.74) is 5.86. The van der Waals surface area contributed by atoms with Crippen LogP contribution in [0.4, 0.5) is 0 Å². The fraction of sp³-hybridized carbons (Fsp3) is 0.200. The third kappa shape index (κ3) is 5.70. The lowest BCUT2D eigenvalue weighted by Crippen LogP contribution is -1.95. The fourth-order valence-electron chi connectivity index (χ4n) is 4.14. The minimum Gasteiger partial charge on any atom is -0.507 e. The van der Waals surface area contributed by atoms with E-state index in [0.717, 1.165) is 48.3 Å². The zero-order valence-electron chi connectivity index (χ0n) is 19.6. The van der Waals surface area contributed by atoms with Crippen molar-refractivity contribution < 1.29 is 19.7 Å². The van der Waals surface area contributed by atoms with Gasteiger partial charge in [-0.3, -0.25) is 0 Å². The van der Waals surface area contributed by atoms with Crippen molar-refractivity contribution in [2.45, 2.75) is 25.7 Å². The summed E-state index contributed by atoms with van der Waals surface area (Å²) in [5.74, 6) is 2.01. The van der Waals surface area contributed by atoms with Gasteiger partial charge < -0.3 is 19.7 Å². The van der Waals surface area contributed by atoms with Crippen LogP contribution >= 0.6 is 0 Å². The third-order valence-corrected chi connectivity index (χ3v) is 6.09. The SMILES string of the molecule is COc1cccc(CCc2ccc(O)c(-c3cc(CCc4cccc(OC)c4)ccc3O)c2)c1. The topological polar surface area (TPSA) is 58.9 Å². The summed E-state index contributed by atoms with van der Waals surface area (Å²) >= 11 is 0. The highest BCUT2D eigenvalue weighted by atomic mass is 16.5. The normalized spacial score (nSPS) is 10.8. The van der Waals surface area contributed by atoms with Crippen molar-refractivity contribution in [3.8, 4) is 34.1 Å². The van der Waals surface area contributed by atoms with E-state index >= 15 is 0 Å². The number of phenolic OH excluding ortho intramolecular Hbond substituents is 2. The number of methoxy groups -OCH3 is 2. The molecule has 0 spiro atoms. The van der Waals surface area contributed by atoms with Crippen molar-refractivity contribution >= 4 is 0 Å². The van der Waals surface area contributed by atoms with Gasteiger partial charge >= 0.3 is 0 Å². The molecule has 4 aromatic carbocycles. The first-order valence-electron chi connectivity index (χ1n) is 11.5. The summed E-state index contributed by atoms with van der Waals surface area (Å²) < 4.78 is 10.6. The zero-order chi connectivity index (χ0) is 23.9. The molecule has 0 heterocycles. The molecule has 2 N–H and O–H groups in total. The van der Waals surface area contributed by atoms with Crippen molar-refractivity contribution in [2.24, 2.45) is 0 Å². The molecule has 0 atom stereocenters. The molecule has 0 saturated carbocycles. The second-order valence-corrected chi connectivity index (χ2v) is 8.41. The van der Waals surface area contributed by atoms with Gasteiger partial charge in [0, 0.05) is 11.1 Å². The van der Waals surface area contributed by atoms with E-state index in [9.17, 15) is 10.2 Å². The van der Waals surface area contributed by atoms with Gasteiger partial charge in [0.1, 0.15) is 23.0 Å². The largest absolute Gasteiger partial charge is 0.507 e. The molecule has 4 aromatic rings. The lowest BCUT2D eigenvalue weighted by Gasteiger charge is -2.12. The first-order chi connectivity index (χ1) is 16.6. The Morgan fingerprint density at radius 3 is 1.26 bits per heavy atom. The number of rotatable bonds is 9. The highest BCUT2D eigenvalue weighted by Crippen LogP contribution is 2.37. The Bertz CT molecular complexity index is 1160. The van der Waals surface area contributed by atoms with Gasteiger partial charge in [0.15, 0.2) is 0 Å². The van der Waals surface area contributed by atoms with Crippen LogP contribution in [0, 0.1) is 0 Å². The van der Waals surface area contributed by atoms with Crippen LogP contribution < -0.4 is 9.47 Å². The van der Waals surface area contributed by atoms with E-state index in [1.165, 1.54) is 11.1 Å². The average molecular weight is 455 g/mol. The smallest absolute Gasteiger partial charge is 0.123 e. The number of aromatic hydroxyl groups is 2. The number of phenols is 2. The van der Waals surface area contributed by atoms with E-state index in [1.54, 1.807) is 26.4 Å². The maximum absolute atomic E-state index is 10.6. The first-order valence-corrected chi connectivity index (χ1v) is 11.5. The summed E-state index contributed by atoms with van der Waals surface area (Å²) in [6.07, 6.45) is 3.34. The van der Waals surface area contributed by atoms with Gasteiger partial charge in [-0.1, -0.05) is 36.4 Å². The highest BCUT2D eigenvalue weighted by Gasteiger charge is 2.12. The van der Waals surface area contributed by atoms with Crippen LogP contribution in [-0.4, -0.2) is 24.4 Å². The van der Waals surface area contributed by atoms with Crippen LogP contribution in [0.1, 0.15) is 22.3 Å². The second-order valence-electron chi connectivity index (χ2n) is 8.41. The van der Waals surface area contributed by atoms with Crippen molar-refractivity contribution in [3.05, 3.63) is 107 Å². The number of hydrogen-bond donors (Lipinski definition) is 2. The van der Waals surface area contributed by atoms with Crippen molar-refractivity contribution in [2.75, 3.05) is 14.2 Å². The van der Waals surface area contributed by atoms with Gasteiger partial charge in [-0.2, -0.15) is 0 Å². The predicted molar refractivity (Wildman–Crippen MR) is 136 cm³/mol. The molecular formula is C30H30O4. The van der Waals surface area contributed by atoms with Crippen LogP contribution in [0.3, 0.4) is 0 Å². The molecule has 0 bridgehead atoms. The number of aryl methyl sites for hydroxylation is 4. The molecule has 174 valence electrons. The summed E-state index contributed by atoms with van der Waals surface area (Å²) in [5, 5.41) is 21.2. The Morgan fingerprint density at radius 2 is 0.882 bits per heavy atom. The van der Waals surface area contributed by atoms with Crippen LogP contribution in [0.5, 0.6) is 23.0 Å². The predicted octanol–water partition coefficient (Wildman–Crippen LogP) is 6.35. The Morgan fingerprint density at radius 1 is 0.500 bits per heavy atom. The number of hydrogen-bond acceptors (Lipinski definition) is 4. The quantitative estimate of drug-likeness (QED) is 0.309. The monoisotopic (exact) mass is 454 g/mol. The van der Waals surface area contributed by atoms with Crippen LogP contribution in [0.2, 0.25) is 0 Å². The standard InChI is InChI=1S/C30H30O4/c1-33-25-7-3-5-21(17-25)9-11-23-13-15-29(31)27(19-23)28-20-24(14-16-30(28)32)12-10-22-6-4-8-26(18-22)34-2/h3-8,13-20,31-32H,9-12H2,1-2H3. The minimum absolute atomic E-state index is 0.158. The first kappa shape index (κ1) is 23.2. The van der Waals surface area contributed by atoms with Gasteiger partial charge in [0.05, 0.1) is 14.2 Å². The van der Waals surface area contributed by atoms with Crippen LogP contribution in [-0.2, 0) is 25.7 Å². The zero-order valence-corrected chi connectivity index (χ0v) is 19.6. The molecule has 0 aliphatic carbocycles. The molecular weight excluding hydrogens is 424 g/mol. The van der Waals surface area contributed by atoms with Crippen molar-refractivity contribution in [1.82, 2.24) is 0 Å². The van der Waals surface area contributed by atoms with Gasteiger partial charge in [-0.05, 0) is 96.5 Å². The van der Waals surface area contributed by atoms with Crippen molar-refractivity contribution in [3.63, 3.8) is 0 Å². The molecule has 4 nitrogen and oxygen atoms in total. The lowest BCUT2D eigenvalue weighted by molar-refractivity contribution is 0.414. The van der Waals surface area contributed by atoms with E-state index in [0.29, 0.717) is 11.1 Å². The van der Waals surface area contributed by atoms with Crippen molar-refractivity contribution in [1.29, 1.82) is 0 Å². The van der Waals surface area contributed by atoms with Crippen LogP contribution in [0.25, 0.3) is 11.1 Å². The highest BCUT2D eigenvalue weighted by molar-refractivity contribution is 5.76. The lowest BCUT2D eigenvalue weighted by atomic mass is 9.95. The second kappa shape index (κ2) is 10.8. The molecule has 4 rings (SSSR count). The Kier molecular flexibility index (Phi) is 7.38. The number of benzene rings is 4.